The Morgan fingerprint density at radius 3 is 2.63 bits per heavy atom. The van der Waals surface area contributed by atoms with Crippen LogP contribution in [-0.2, 0) is 6.54 Å². The van der Waals surface area contributed by atoms with Crippen LogP contribution in [0.2, 0.25) is 0 Å². The minimum Gasteiger partial charge on any atom is -0.387 e. The number of hydrogen-bond donors (Lipinski definition) is 2. The van der Waals surface area contributed by atoms with Crippen molar-refractivity contribution in [3.05, 3.63) is 29.6 Å². The van der Waals surface area contributed by atoms with Crippen LogP contribution in [0.15, 0.2) is 18.2 Å². The highest BCUT2D eigenvalue weighted by atomic mass is 15.1. The minimum atomic E-state index is -0.229. The second-order valence-electron chi connectivity index (χ2n) is 5.69. The molecule has 4 nitrogen and oxygen atoms in total. The number of amidine groups is 1. The third kappa shape index (κ3) is 4.99. The van der Waals surface area contributed by atoms with Crippen LogP contribution in [0.5, 0.6) is 0 Å². The van der Waals surface area contributed by atoms with E-state index in [0.717, 1.165) is 37.4 Å². The Kier molecular flexibility index (Phi) is 5.48. The summed E-state index contributed by atoms with van der Waals surface area (Å²) in [6.45, 7) is 11.0. The topological polar surface area (TPSA) is 66.0 Å². The Bertz CT molecular complexity index is 426. The molecule has 19 heavy (non-hydrogen) atoms. The lowest BCUT2D eigenvalue weighted by atomic mass is 9.88. The SMILES string of the molecule is CCN(CCC(C)(C)C(=N)N)Cc1cccc(C)n1. The summed E-state index contributed by atoms with van der Waals surface area (Å²) < 4.78 is 0. The van der Waals surface area contributed by atoms with E-state index in [9.17, 15) is 0 Å². The number of nitrogens with zero attached hydrogens (tertiary/aromatic N) is 2. The zero-order valence-electron chi connectivity index (χ0n) is 12.5. The molecule has 0 radical (unpaired) electrons. The predicted molar refractivity (Wildman–Crippen MR) is 80.2 cm³/mol. The monoisotopic (exact) mass is 262 g/mol. The second-order valence-corrected chi connectivity index (χ2v) is 5.69. The van der Waals surface area contributed by atoms with Crippen molar-refractivity contribution in [1.82, 2.24) is 9.88 Å². The quantitative estimate of drug-likeness (QED) is 0.586. The van der Waals surface area contributed by atoms with E-state index in [1.54, 1.807) is 0 Å². The highest BCUT2D eigenvalue weighted by molar-refractivity contribution is 5.82. The van der Waals surface area contributed by atoms with E-state index >= 15 is 0 Å². The van der Waals surface area contributed by atoms with Crippen molar-refractivity contribution in [3.63, 3.8) is 0 Å². The van der Waals surface area contributed by atoms with Crippen molar-refractivity contribution >= 4 is 5.84 Å². The first kappa shape index (κ1) is 15.6. The summed E-state index contributed by atoms with van der Waals surface area (Å²) in [6, 6.07) is 6.12. The molecular formula is C15H26N4. The molecule has 0 aliphatic rings. The molecular weight excluding hydrogens is 236 g/mol. The van der Waals surface area contributed by atoms with E-state index in [0.29, 0.717) is 0 Å². The van der Waals surface area contributed by atoms with Crippen LogP contribution in [0.3, 0.4) is 0 Å². The molecule has 1 aromatic heterocycles. The number of pyridine rings is 1. The maximum absolute atomic E-state index is 7.59. The van der Waals surface area contributed by atoms with Crippen molar-refractivity contribution in [2.24, 2.45) is 11.1 Å². The number of nitrogens with one attached hydrogen (secondary N) is 1. The van der Waals surface area contributed by atoms with Crippen LogP contribution >= 0.6 is 0 Å². The van der Waals surface area contributed by atoms with E-state index in [-0.39, 0.29) is 11.3 Å². The number of rotatable bonds is 7. The maximum Gasteiger partial charge on any atom is 0.0963 e. The van der Waals surface area contributed by atoms with Gasteiger partial charge in [-0.15, -0.1) is 0 Å². The van der Waals surface area contributed by atoms with Crippen LogP contribution < -0.4 is 5.73 Å². The summed E-state index contributed by atoms with van der Waals surface area (Å²) in [5.74, 6) is 0.261. The minimum absolute atomic E-state index is 0.229. The van der Waals surface area contributed by atoms with E-state index in [4.69, 9.17) is 11.1 Å². The van der Waals surface area contributed by atoms with Gasteiger partial charge in [-0.05, 0) is 38.6 Å². The van der Waals surface area contributed by atoms with Crippen LogP contribution in [-0.4, -0.2) is 28.8 Å². The molecule has 0 saturated carbocycles. The molecule has 0 aromatic carbocycles. The van der Waals surface area contributed by atoms with Gasteiger partial charge in [0.25, 0.3) is 0 Å². The van der Waals surface area contributed by atoms with Crippen molar-refractivity contribution in [3.8, 4) is 0 Å². The molecule has 0 fully saturated rings. The summed E-state index contributed by atoms with van der Waals surface area (Å²) in [5.41, 5.74) is 7.55. The predicted octanol–water partition coefficient (Wildman–Crippen LogP) is 2.56. The molecule has 1 rings (SSSR count). The average Bonchev–Trinajstić information content (AvgIpc) is 2.34. The Hall–Kier alpha value is -1.42. The molecule has 4 heteroatoms. The molecule has 0 saturated heterocycles. The normalized spacial score (nSPS) is 11.8. The van der Waals surface area contributed by atoms with E-state index in [1.165, 1.54) is 0 Å². The van der Waals surface area contributed by atoms with Gasteiger partial charge in [0, 0.05) is 17.7 Å². The van der Waals surface area contributed by atoms with Gasteiger partial charge in [0.05, 0.1) is 11.5 Å². The Morgan fingerprint density at radius 1 is 1.42 bits per heavy atom. The fraction of sp³-hybridized carbons (Fsp3) is 0.600. The molecule has 0 aliphatic carbocycles. The lowest BCUT2D eigenvalue weighted by Gasteiger charge is -2.27. The molecule has 106 valence electrons. The fourth-order valence-corrected chi connectivity index (χ4v) is 1.84. The highest BCUT2D eigenvalue weighted by Gasteiger charge is 2.22. The zero-order valence-corrected chi connectivity index (χ0v) is 12.5. The molecule has 1 aromatic rings. The summed E-state index contributed by atoms with van der Waals surface area (Å²) in [7, 11) is 0. The second kappa shape index (κ2) is 6.66. The van der Waals surface area contributed by atoms with E-state index in [2.05, 4.69) is 22.9 Å². The molecule has 0 unspecified atom stereocenters. The molecule has 0 aliphatic heterocycles. The van der Waals surface area contributed by atoms with Crippen molar-refractivity contribution in [2.45, 2.75) is 40.7 Å². The lowest BCUT2D eigenvalue weighted by Crippen LogP contribution is -2.35. The van der Waals surface area contributed by atoms with Gasteiger partial charge in [-0.1, -0.05) is 26.8 Å². The van der Waals surface area contributed by atoms with E-state index < -0.39 is 0 Å². The van der Waals surface area contributed by atoms with Gasteiger partial charge in [-0.25, -0.2) is 0 Å². The van der Waals surface area contributed by atoms with Crippen LogP contribution in [0.1, 0.15) is 38.6 Å². The van der Waals surface area contributed by atoms with Crippen molar-refractivity contribution < 1.29 is 0 Å². The fourth-order valence-electron chi connectivity index (χ4n) is 1.84. The van der Waals surface area contributed by atoms with Crippen LogP contribution in [0.25, 0.3) is 0 Å². The highest BCUT2D eigenvalue weighted by Crippen LogP contribution is 2.20. The van der Waals surface area contributed by atoms with Gasteiger partial charge in [-0.2, -0.15) is 0 Å². The first-order valence-corrected chi connectivity index (χ1v) is 6.84. The van der Waals surface area contributed by atoms with Crippen molar-refractivity contribution in [1.29, 1.82) is 5.41 Å². The maximum atomic E-state index is 7.59. The standard InChI is InChI=1S/C15H26N4/c1-5-19(10-9-15(3,4)14(16)17)11-13-8-6-7-12(2)18-13/h6-8H,5,9-11H2,1-4H3,(H3,16,17). The lowest BCUT2D eigenvalue weighted by molar-refractivity contribution is 0.246. The zero-order chi connectivity index (χ0) is 14.5. The molecule has 3 N–H and O–H groups in total. The largest absolute Gasteiger partial charge is 0.387 e. The molecule has 0 atom stereocenters. The molecule has 0 amide bonds. The number of aromatic nitrogens is 1. The third-order valence-corrected chi connectivity index (χ3v) is 3.56. The number of aryl methyl sites for hydroxylation is 1. The first-order valence-electron chi connectivity index (χ1n) is 6.84. The summed E-state index contributed by atoms with van der Waals surface area (Å²) >= 11 is 0. The van der Waals surface area contributed by atoms with Crippen LogP contribution in [0.4, 0.5) is 0 Å². The Labute approximate surface area is 116 Å². The average molecular weight is 262 g/mol. The van der Waals surface area contributed by atoms with Gasteiger partial charge >= 0.3 is 0 Å². The summed E-state index contributed by atoms with van der Waals surface area (Å²) in [5, 5.41) is 7.59. The van der Waals surface area contributed by atoms with Gasteiger partial charge in [-0.3, -0.25) is 15.3 Å². The number of nitrogens with two attached hydrogens (primary N) is 1. The smallest absolute Gasteiger partial charge is 0.0963 e. The van der Waals surface area contributed by atoms with Gasteiger partial charge in [0.2, 0.25) is 0 Å². The Balaban J connectivity index is 2.57. The summed E-state index contributed by atoms with van der Waals surface area (Å²) in [6.07, 6.45) is 0.891. The van der Waals surface area contributed by atoms with Gasteiger partial charge in [0.15, 0.2) is 0 Å². The molecule has 0 bridgehead atoms. The first-order chi connectivity index (χ1) is 8.85. The summed E-state index contributed by atoms with van der Waals surface area (Å²) in [4.78, 5) is 6.87. The third-order valence-electron chi connectivity index (χ3n) is 3.56. The van der Waals surface area contributed by atoms with Crippen LogP contribution in [0, 0.1) is 17.7 Å². The Morgan fingerprint density at radius 2 is 2.11 bits per heavy atom. The van der Waals surface area contributed by atoms with E-state index in [1.807, 2.05) is 32.9 Å². The molecule has 0 spiro atoms. The molecule has 1 heterocycles. The van der Waals surface area contributed by atoms with Crippen molar-refractivity contribution in [2.75, 3.05) is 13.1 Å². The number of hydrogen-bond acceptors (Lipinski definition) is 3. The van der Waals surface area contributed by atoms with Gasteiger partial charge in [0.1, 0.15) is 0 Å². The van der Waals surface area contributed by atoms with Gasteiger partial charge < -0.3 is 5.73 Å².